The molecular formula is C18H20ClNO. The van der Waals surface area contributed by atoms with Crippen LogP contribution in [0.1, 0.15) is 29.5 Å². The second-order valence-corrected chi connectivity index (χ2v) is 6.20. The molecule has 0 aromatic heterocycles. The molecule has 0 radical (unpaired) electrons. The van der Waals surface area contributed by atoms with Crippen LogP contribution in [0.2, 0.25) is 5.02 Å². The minimum Gasteiger partial charge on any atom is -0.456 e. The fraction of sp³-hybridized carbons (Fsp3) is 0.333. The van der Waals surface area contributed by atoms with Crippen LogP contribution in [0.25, 0.3) is 0 Å². The molecule has 0 heterocycles. The SMILES string of the molecule is Cc1ccc(Oc2cc(CNC3CC3)ccc2C)c(Cl)c1. The summed E-state index contributed by atoms with van der Waals surface area (Å²) < 4.78 is 6.00. The van der Waals surface area contributed by atoms with Crippen molar-refractivity contribution in [3.05, 3.63) is 58.1 Å². The number of ether oxygens (including phenoxy) is 1. The molecule has 0 unspecified atom stereocenters. The van der Waals surface area contributed by atoms with Crippen LogP contribution >= 0.6 is 11.6 Å². The number of rotatable bonds is 5. The predicted octanol–water partition coefficient (Wildman–Crippen LogP) is 5.00. The maximum Gasteiger partial charge on any atom is 0.146 e. The lowest BCUT2D eigenvalue weighted by Crippen LogP contribution is -2.15. The van der Waals surface area contributed by atoms with Crippen LogP contribution in [0.4, 0.5) is 0 Å². The molecule has 21 heavy (non-hydrogen) atoms. The highest BCUT2D eigenvalue weighted by atomic mass is 35.5. The van der Waals surface area contributed by atoms with E-state index < -0.39 is 0 Å². The molecule has 0 aliphatic heterocycles. The van der Waals surface area contributed by atoms with Crippen LogP contribution in [0.3, 0.4) is 0 Å². The maximum atomic E-state index is 6.25. The monoisotopic (exact) mass is 301 g/mol. The lowest BCUT2D eigenvalue weighted by atomic mass is 10.1. The molecule has 2 nitrogen and oxygen atoms in total. The Balaban J connectivity index is 1.77. The molecule has 1 saturated carbocycles. The van der Waals surface area contributed by atoms with Crippen molar-refractivity contribution in [3.63, 3.8) is 0 Å². The molecule has 3 rings (SSSR count). The fourth-order valence-corrected chi connectivity index (χ4v) is 2.49. The zero-order chi connectivity index (χ0) is 14.8. The molecule has 1 N–H and O–H groups in total. The van der Waals surface area contributed by atoms with Gasteiger partial charge in [-0.15, -0.1) is 0 Å². The molecule has 1 aliphatic rings. The Bertz CT molecular complexity index is 650. The molecule has 0 saturated heterocycles. The Morgan fingerprint density at radius 1 is 1.10 bits per heavy atom. The first kappa shape index (κ1) is 14.4. The van der Waals surface area contributed by atoms with Gasteiger partial charge in [-0.3, -0.25) is 0 Å². The second-order valence-electron chi connectivity index (χ2n) is 5.79. The molecule has 2 aromatic carbocycles. The molecule has 110 valence electrons. The zero-order valence-electron chi connectivity index (χ0n) is 12.4. The molecule has 3 heteroatoms. The summed E-state index contributed by atoms with van der Waals surface area (Å²) in [6, 6.07) is 12.9. The van der Waals surface area contributed by atoms with Crippen molar-refractivity contribution in [1.82, 2.24) is 5.32 Å². The number of benzene rings is 2. The third-order valence-corrected chi connectivity index (χ3v) is 4.03. The first-order valence-corrected chi connectivity index (χ1v) is 7.76. The van der Waals surface area contributed by atoms with Gasteiger partial charge in [0, 0.05) is 12.6 Å². The second kappa shape index (κ2) is 6.08. The van der Waals surface area contributed by atoms with Gasteiger partial charge in [-0.05, 0) is 61.6 Å². The summed E-state index contributed by atoms with van der Waals surface area (Å²) in [6.45, 7) is 4.96. The number of aryl methyl sites for hydroxylation is 2. The van der Waals surface area contributed by atoms with E-state index >= 15 is 0 Å². The zero-order valence-corrected chi connectivity index (χ0v) is 13.2. The first-order valence-electron chi connectivity index (χ1n) is 7.39. The van der Waals surface area contributed by atoms with Crippen molar-refractivity contribution in [3.8, 4) is 11.5 Å². The van der Waals surface area contributed by atoms with Crippen LogP contribution in [0.15, 0.2) is 36.4 Å². The quantitative estimate of drug-likeness (QED) is 0.839. The fourth-order valence-electron chi connectivity index (χ4n) is 2.22. The van der Waals surface area contributed by atoms with Gasteiger partial charge in [0.15, 0.2) is 0 Å². The van der Waals surface area contributed by atoms with E-state index in [4.69, 9.17) is 16.3 Å². The van der Waals surface area contributed by atoms with Crippen LogP contribution in [-0.2, 0) is 6.54 Å². The van der Waals surface area contributed by atoms with Crippen molar-refractivity contribution in [2.75, 3.05) is 0 Å². The minimum absolute atomic E-state index is 0.649. The molecule has 0 amide bonds. The molecule has 2 aromatic rings. The smallest absolute Gasteiger partial charge is 0.146 e. The topological polar surface area (TPSA) is 21.3 Å². The van der Waals surface area contributed by atoms with Crippen LogP contribution < -0.4 is 10.1 Å². The molecule has 1 fully saturated rings. The van der Waals surface area contributed by atoms with Crippen molar-refractivity contribution >= 4 is 11.6 Å². The largest absolute Gasteiger partial charge is 0.456 e. The van der Waals surface area contributed by atoms with Gasteiger partial charge < -0.3 is 10.1 Å². The highest BCUT2D eigenvalue weighted by Gasteiger charge is 2.20. The molecule has 1 aliphatic carbocycles. The average molecular weight is 302 g/mol. The number of halogens is 1. The Kier molecular flexibility index (Phi) is 4.18. The molecule has 0 bridgehead atoms. The normalized spacial score (nSPS) is 14.2. The number of hydrogen-bond donors (Lipinski definition) is 1. The van der Waals surface area contributed by atoms with Crippen molar-refractivity contribution < 1.29 is 4.74 Å². The first-order chi connectivity index (χ1) is 10.1. The van der Waals surface area contributed by atoms with E-state index in [-0.39, 0.29) is 0 Å². The van der Waals surface area contributed by atoms with E-state index in [0.29, 0.717) is 16.8 Å². The summed E-state index contributed by atoms with van der Waals surface area (Å²) in [6.07, 6.45) is 2.60. The summed E-state index contributed by atoms with van der Waals surface area (Å²) >= 11 is 6.25. The van der Waals surface area contributed by atoms with Crippen molar-refractivity contribution in [2.24, 2.45) is 0 Å². The van der Waals surface area contributed by atoms with Gasteiger partial charge in [0.1, 0.15) is 11.5 Å². The van der Waals surface area contributed by atoms with E-state index in [1.165, 1.54) is 18.4 Å². The summed E-state index contributed by atoms with van der Waals surface area (Å²) in [5.74, 6) is 1.58. The highest BCUT2D eigenvalue weighted by Crippen LogP contribution is 2.32. The van der Waals surface area contributed by atoms with E-state index in [1.54, 1.807) is 0 Å². The van der Waals surface area contributed by atoms with Crippen molar-refractivity contribution in [1.29, 1.82) is 0 Å². The van der Waals surface area contributed by atoms with Gasteiger partial charge in [0.25, 0.3) is 0 Å². The number of hydrogen-bond acceptors (Lipinski definition) is 2. The average Bonchev–Trinajstić information content (AvgIpc) is 3.27. The van der Waals surface area contributed by atoms with E-state index in [9.17, 15) is 0 Å². The lowest BCUT2D eigenvalue weighted by molar-refractivity contribution is 0.478. The Hall–Kier alpha value is -1.51. The van der Waals surface area contributed by atoms with E-state index in [0.717, 1.165) is 23.4 Å². The standard InChI is InChI=1S/C18H20ClNO/c1-12-3-8-17(16(19)9-12)21-18-10-14(5-4-13(18)2)11-20-15-6-7-15/h3-5,8-10,15,20H,6-7,11H2,1-2H3. The van der Waals surface area contributed by atoms with Gasteiger partial charge in [-0.2, -0.15) is 0 Å². The van der Waals surface area contributed by atoms with Crippen molar-refractivity contribution in [2.45, 2.75) is 39.3 Å². The Morgan fingerprint density at radius 2 is 1.90 bits per heavy atom. The highest BCUT2D eigenvalue weighted by molar-refractivity contribution is 6.32. The molecular weight excluding hydrogens is 282 g/mol. The number of nitrogens with one attached hydrogen (secondary N) is 1. The molecule has 0 atom stereocenters. The van der Waals surface area contributed by atoms with Gasteiger partial charge in [-0.1, -0.05) is 29.8 Å². The summed E-state index contributed by atoms with van der Waals surface area (Å²) in [5.41, 5.74) is 3.49. The summed E-state index contributed by atoms with van der Waals surface area (Å²) in [5, 5.41) is 4.17. The summed E-state index contributed by atoms with van der Waals surface area (Å²) in [7, 11) is 0. The molecule has 0 spiro atoms. The van der Waals surface area contributed by atoms with Crippen LogP contribution in [0, 0.1) is 13.8 Å². The Morgan fingerprint density at radius 3 is 2.62 bits per heavy atom. The van der Waals surface area contributed by atoms with Gasteiger partial charge >= 0.3 is 0 Å². The predicted molar refractivity (Wildman–Crippen MR) is 87.3 cm³/mol. The third kappa shape index (κ3) is 3.78. The maximum absolute atomic E-state index is 6.25. The summed E-state index contributed by atoms with van der Waals surface area (Å²) in [4.78, 5) is 0. The minimum atomic E-state index is 0.649. The lowest BCUT2D eigenvalue weighted by Gasteiger charge is -2.12. The van der Waals surface area contributed by atoms with Gasteiger partial charge in [0.2, 0.25) is 0 Å². The van der Waals surface area contributed by atoms with Crippen LogP contribution in [0.5, 0.6) is 11.5 Å². The third-order valence-electron chi connectivity index (χ3n) is 3.73. The Labute approximate surface area is 131 Å². The van der Waals surface area contributed by atoms with Gasteiger partial charge in [-0.25, -0.2) is 0 Å². The van der Waals surface area contributed by atoms with Crippen LogP contribution in [-0.4, -0.2) is 6.04 Å². The van der Waals surface area contributed by atoms with E-state index in [1.807, 2.05) is 25.1 Å². The van der Waals surface area contributed by atoms with E-state index in [2.05, 4.69) is 30.4 Å². The van der Waals surface area contributed by atoms with Gasteiger partial charge in [0.05, 0.1) is 5.02 Å².